The van der Waals surface area contributed by atoms with Crippen molar-refractivity contribution in [2.24, 2.45) is 4.99 Å². The second-order valence-corrected chi connectivity index (χ2v) is 10.7. The predicted molar refractivity (Wildman–Crippen MR) is 117 cm³/mol. The van der Waals surface area contributed by atoms with Crippen molar-refractivity contribution >= 4 is 27.7 Å². The number of piperidine rings is 1. The molecule has 28 heavy (non-hydrogen) atoms. The van der Waals surface area contributed by atoms with Gasteiger partial charge in [0.2, 0.25) is 10.0 Å². The van der Waals surface area contributed by atoms with Gasteiger partial charge < -0.3 is 10.6 Å². The SMILES string of the molecule is CCNC(=NCc1cccc(S(=O)(=O)N2CCCCC2)c1)NCC1CCCS1. The fourth-order valence-corrected chi connectivity index (χ4v) is 6.38. The Balaban J connectivity index is 1.65. The normalized spacial score (nSPS) is 21.6. The van der Waals surface area contributed by atoms with Gasteiger partial charge in [0.05, 0.1) is 11.4 Å². The van der Waals surface area contributed by atoms with Crippen LogP contribution in [0.25, 0.3) is 0 Å². The van der Waals surface area contributed by atoms with Crippen molar-refractivity contribution in [3.05, 3.63) is 29.8 Å². The largest absolute Gasteiger partial charge is 0.357 e. The summed E-state index contributed by atoms with van der Waals surface area (Å²) in [5.74, 6) is 2.04. The number of hydrogen-bond donors (Lipinski definition) is 2. The Hall–Kier alpha value is -1.25. The first-order valence-corrected chi connectivity index (χ1v) is 12.8. The molecule has 2 saturated heterocycles. The lowest BCUT2D eigenvalue weighted by atomic mass is 10.2. The molecule has 2 N–H and O–H groups in total. The van der Waals surface area contributed by atoms with Gasteiger partial charge in [0, 0.05) is 31.4 Å². The van der Waals surface area contributed by atoms with E-state index >= 15 is 0 Å². The van der Waals surface area contributed by atoms with Crippen LogP contribution in [0.3, 0.4) is 0 Å². The molecule has 3 rings (SSSR count). The first-order valence-electron chi connectivity index (χ1n) is 10.3. The number of sulfonamides is 1. The van der Waals surface area contributed by atoms with Gasteiger partial charge in [-0.15, -0.1) is 0 Å². The summed E-state index contributed by atoms with van der Waals surface area (Å²) in [5, 5.41) is 7.35. The molecule has 2 aliphatic heterocycles. The third-order valence-corrected chi connectivity index (χ3v) is 8.43. The lowest BCUT2D eigenvalue weighted by molar-refractivity contribution is 0.346. The minimum Gasteiger partial charge on any atom is -0.357 e. The summed E-state index contributed by atoms with van der Waals surface area (Å²) in [4.78, 5) is 5.03. The molecule has 0 bridgehead atoms. The van der Waals surface area contributed by atoms with E-state index in [2.05, 4.69) is 15.6 Å². The zero-order chi connectivity index (χ0) is 19.8. The van der Waals surface area contributed by atoms with Crippen LogP contribution in [-0.4, -0.2) is 55.9 Å². The summed E-state index contributed by atoms with van der Waals surface area (Å²) in [6.45, 7) is 5.47. The van der Waals surface area contributed by atoms with Gasteiger partial charge in [0.15, 0.2) is 5.96 Å². The van der Waals surface area contributed by atoms with E-state index in [4.69, 9.17) is 0 Å². The molecule has 1 unspecified atom stereocenters. The molecule has 1 aromatic carbocycles. The molecule has 0 amide bonds. The monoisotopic (exact) mass is 424 g/mol. The minimum absolute atomic E-state index is 0.377. The van der Waals surface area contributed by atoms with E-state index in [9.17, 15) is 8.42 Å². The Labute approximate surface area is 173 Å². The minimum atomic E-state index is -3.40. The Morgan fingerprint density at radius 2 is 2.04 bits per heavy atom. The maximum absolute atomic E-state index is 12.9. The number of nitrogens with zero attached hydrogens (tertiary/aromatic N) is 2. The zero-order valence-corrected chi connectivity index (χ0v) is 18.3. The van der Waals surface area contributed by atoms with Gasteiger partial charge >= 0.3 is 0 Å². The highest BCUT2D eigenvalue weighted by Gasteiger charge is 2.25. The summed E-state index contributed by atoms with van der Waals surface area (Å²) in [5.41, 5.74) is 0.908. The van der Waals surface area contributed by atoms with E-state index in [0.29, 0.717) is 29.8 Å². The first kappa shape index (κ1) is 21.5. The second kappa shape index (κ2) is 10.5. The molecule has 156 valence electrons. The fourth-order valence-electron chi connectivity index (χ4n) is 3.59. The van der Waals surface area contributed by atoms with Crippen LogP contribution >= 0.6 is 11.8 Å². The molecule has 1 atom stereocenters. The number of guanidine groups is 1. The van der Waals surface area contributed by atoms with Crippen LogP contribution in [-0.2, 0) is 16.6 Å². The number of rotatable bonds is 7. The average Bonchev–Trinajstić information content (AvgIpc) is 3.24. The Bertz CT molecular complexity index is 755. The first-order chi connectivity index (χ1) is 13.6. The smallest absolute Gasteiger partial charge is 0.243 e. The van der Waals surface area contributed by atoms with E-state index in [1.54, 1.807) is 16.4 Å². The van der Waals surface area contributed by atoms with Gasteiger partial charge in [-0.3, -0.25) is 0 Å². The number of aliphatic imine (C=N–C) groups is 1. The van der Waals surface area contributed by atoms with Crippen LogP contribution in [0.5, 0.6) is 0 Å². The molecule has 0 saturated carbocycles. The standard InChI is InChI=1S/C20H32N4O2S2/c1-2-21-20(23-16-18-9-7-13-27-18)22-15-17-8-6-10-19(14-17)28(25,26)24-11-4-3-5-12-24/h6,8,10,14,18H,2-5,7,9,11-13,15-16H2,1H3,(H2,21,22,23). The lowest BCUT2D eigenvalue weighted by Gasteiger charge is -2.26. The van der Waals surface area contributed by atoms with E-state index in [1.807, 2.05) is 30.8 Å². The maximum Gasteiger partial charge on any atom is 0.243 e. The molecule has 1 aromatic rings. The topological polar surface area (TPSA) is 73.8 Å². The molecule has 2 aliphatic rings. The van der Waals surface area contributed by atoms with Gasteiger partial charge in [-0.25, -0.2) is 13.4 Å². The van der Waals surface area contributed by atoms with Crippen molar-refractivity contribution < 1.29 is 8.42 Å². The predicted octanol–water partition coefficient (Wildman–Crippen LogP) is 2.81. The molecule has 8 heteroatoms. The number of thioether (sulfide) groups is 1. The third-order valence-electron chi connectivity index (χ3n) is 5.14. The van der Waals surface area contributed by atoms with Crippen molar-refractivity contribution in [1.82, 2.24) is 14.9 Å². The number of nitrogens with one attached hydrogen (secondary N) is 2. The zero-order valence-electron chi connectivity index (χ0n) is 16.7. The average molecular weight is 425 g/mol. The molecular formula is C20H32N4O2S2. The summed E-state index contributed by atoms with van der Waals surface area (Å²) in [6.07, 6.45) is 5.55. The molecule has 6 nitrogen and oxygen atoms in total. The van der Waals surface area contributed by atoms with E-state index in [-0.39, 0.29) is 0 Å². The Kier molecular flexibility index (Phi) is 8.05. The summed E-state index contributed by atoms with van der Waals surface area (Å²) >= 11 is 2.02. The van der Waals surface area contributed by atoms with Crippen molar-refractivity contribution in [1.29, 1.82) is 0 Å². The Morgan fingerprint density at radius 3 is 2.75 bits per heavy atom. The quantitative estimate of drug-likeness (QED) is 0.520. The van der Waals surface area contributed by atoms with E-state index in [0.717, 1.165) is 43.9 Å². The van der Waals surface area contributed by atoms with E-state index in [1.165, 1.54) is 18.6 Å². The molecule has 0 radical (unpaired) electrons. The van der Waals surface area contributed by atoms with Crippen molar-refractivity contribution in [2.45, 2.75) is 55.7 Å². The van der Waals surface area contributed by atoms with Crippen molar-refractivity contribution in [3.63, 3.8) is 0 Å². The molecule has 0 spiro atoms. The fraction of sp³-hybridized carbons (Fsp3) is 0.650. The lowest BCUT2D eigenvalue weighted by Crippen LogP contribution is -2.40. The van der Waals surface area contributed by atoms with Gasteiger partial charge in [0.25, 0.3) is 0 Å². The molecule has 0 aromatic heterocycles. The molecule has 2 heterocycles. The van der Waals surface area contributed by atoms with Gasteiger partial charge in [0.1, 0.15) is 0 Å². The molecule has 2 fully saturated rings. The van der Waals surface area contributed by atoms with Crippen LogP contribution in [0.4, 0.5) is 0 Å². The number of hydrogen-bond acceptors (Lipinski definition) is 4. The second-order valence-electron chi connectivity index (χ2n) is 7.32. The van der Waals surface area contributed by atoms with Crippen molar-refractivity contribution in [2.75, 3.05) is 31.9 Å². The summed E-state index contributed by atoms with van der Waals surface area (Å²) < 4.78 is 27.4. The van der Waals surface area contributed by atoms with Crippen LogP contribution in [0.2, 0.25) is 0 Å². The highest BCUT2D eigenvalue weighted by molar-refractivity contribution is 8.00. The van der Waals surface area contributed by atoms with Crippen LogP contribution in [0, 0.1) is 0 Å². The van der Waals surface area contributed by atoms with Crippen LogP contribution in [0.15, 0.2) is 34.2 Å². The van der Waals surface area contributed by atoms with Gasteiger partial charge in [-0.05, 0) is 56.1 Å². The van der Waals surface area contributed by atoms with Gasteiger partial charge in [-0.2, -0.15) is 16.1 Å². The number of benzene rings is 1. The van der Waals surface area contributed by atoms with Gasteiger partial charge in [-0.1, -0.05) is 18.6 Å². The summed E-state index contributed by atoms with van der Waals surface area (Å²) in [7, 11) is -3.40. The van der Waals surface area contributed by atoms with Crippen molar-refractivity contribution in [3.8, 4) is 0 Å². The maximum atomic E-state index is 12.9. The third kappa shape index (κ3) is 5.87. The summed E-state index contributed by atoms with van der Waals surface area (Å²) in [6, 6.07) is 7.22. The Morgan fingerprint density at radius 1 is 1.21 bits per heavy atom. The van der Waals surface area contributed by atoms with E-state index < -0.39 is 10.0 Å². The highest BCUT2D eigenvalue weighted by atomic mass is 32.2. The molecular weight excluding hydrogens is 392 g/mol. The molecule has 0 aliphatic carbocycles. The highest BCUT2D eigenvalue weighted by Crippen LogP contribution is 2.25. The van der Waals surface area contributed by atoms with Crippen LogP contribution < -0.4 is 10.6 Å². The van der Waals surface area contributed by atoms with Crippen LogP contribution in [0.1, 0.15) is 44.6 Å².